The monoisotopic (exact) mass is 2090 g/mol. The van der Waals surface area contributed by atoms with E-state index in [1.165, 1.54) is 313 Å². The Bertz CT molecular complexity index is 4340. The summed E-state index contributed by atoms with van der Waals surface area (Å²) in [6, 6.07) is 32.4. The molecule has 0 radical (unpaired) electrons. The van der Waals surface area contributed by atoms with E-state index in [4.69, 9.17) is 0 Å². The molecule has 0 amide bonds. The Balaban J connectivity index is 0.000000922. The molecule has 0 unspecified atom stereocenters. The molecule has 0 aliphatic heterocycles. The summed E-state index contributed by atoms with van der Waals surface area (Å²) in [5.74, 6) is -2.18. The van der Waals surface area contributed by atoms with Crippen LogP contribution >= 0.6 is 0 Å². The smallest absolute Gasteiger partial charge is 0.309 e. The van der Waals surface area contributed by atoms with Crippen LogP contribution in [0.2, 0.25) is 0 Å². The van der Waals surface area contributed by atoms with E-state index in [-0.39, 0.29) is 101 Å². The number of benzene rings is 5. The molecule has 0 bridgehead atoms. The zero-order valence-corrected chi connectivity index (χ0v) is 89.9. The van der Waals surface area contributed by atoms with Gasteiger partial charge in [0.15, 0.2) is 0 Å². The molecule has 0 atom stereocenters. The fourth-order valence-electron chi connectivity index (χ4n) is 22.8. The topological polar surface area (TPSA) is 227 Å². The van der Waals surface area contributed by atoms with Crippen LogP contribution in [0.15, 0.2) is 91.0 Å². The van der Waals surface area contributed by atoms with E-state index < -0.39 is 29.8 Å². The highest BCUT2D eigenvalue weighted by Gasteiger charge is 2.53. The average Bonchev–Trinajstić information content (AvgIpc) is 1.65. The van der Waals surface area contributed by atoms with Crippen LogP contribution in [0, 0.1) is 74.9 Å². The fourth-order valence-corrected chi connectivity index (χ4v) is 22.8. The van der Waals surface area contributed by atoms with Gasteiger partial charge < -0.3 is 35.7 Å². The van der Waals surface area contributed by atoms with Gasteiger partial charge in [0.1, 0.15) is 11.5 Å². The van der Waals surface area contributed by atoms with Gasteiger partial charge in [0.2, 0.25) is 0 Å². The summed E-state index contributed by atoms with van der Waals surface area (Å²) < 4.78 is 0. The number of rotatable bonds is 70. The second-order valence-corrected chi connectivity index (χ2v) is 50.0. The Morgan fingerprint density at radius 2 is 0.380 bits per heavy atom. The number of unbranched alkanes of at least 4 members (excludes halogenated alkanes) is 25. The zero-order valence-electron chi connectivity index (χ0n) is 89.9. The zero-order chi connectivity index (χ0) is 100. The fraction of sp³-hybridized carbons (Fsp3) is 0.746. The molecule has 0 heterocycles. The van der Waals surface area contributed by atoms with E-state index in [0.29, 0.717) is 38.6 Å². The number of hydrogen-bond donors (Lipinski definition) is 7. The van der Waals surface area contributed by atoms with E-state index in [0.717, 1.165) is 218 Å². The van der Waals surface area contributed by atoms with Crippen molar-refractivity contribution >= 4 is 29.8 Å². The molecule has 0 aromatic heterocycles. The first-order valence-electron chi connectivity index (χ1n) is 58.2. The van der Waals surface area contributed by atoms with Gasteiger partial charge in [0.05, 0.1) is 27.1 Å². The van der Waals surface area contributed by atoms with Crippen molar-refractivity contribution in [3.05, 3.63) is 163 Å². The van der Waals surface area contributed by atoms with E-state index in [9.17, 15) is 59.7 Å². The van der Waals surface area contributed by atoms with Gasteiger partial charge in [-0.05, 0) is 454 Å². The molecular formula is C138H236O12. The Labute approximate surface area is 923 Å². The molecule has 12 nitrogen and oxygen atoms in total. The summed E-state index contributed by atoms with van der Waals surface area (Å²) >= 11 is 0. The summed E-state index contributed by atoms with van der Waals surface area (Å²) in [6.07, 6.45) is 89.4. The second-order valence-electron chi connectivity index (χ2n) is 50.0. The number of aromatic hydroxyl groups is 2. The van der Waals surface area contributed by atoms with Gasteiger partial charge in [0, 0.05) is 0 Å². The van der Waals surface area contributed by atoms with Crippen molar-refractivity contribution in [3.63, 3.8) is 0 Å². The first-order chi connectivity index (χ1) is 67.1. The Kier molecular flexibility index (Phi) is 64.5. The SMILES string of the molecule is C.C.C.C.C.C.C.C.C.C.CC1(CCCCCCc2cc(O)ccc2CCCCCC2(C(=O)O)CC2)CC1.CC1(CCCCCCc2ccc(O)cc2CCCCCC2(C(=O)O)CC2)CC1.Cc1ccc(CCCCCC2(C(=O)O)CC2)c(CCCCCCC2(C)CC2)c1.Cc1ccc(CCCCCCC2(C)CC2)c(CCCCCC2(C(=O)O)CC2)c1.Cc1cccc(CCCCCCC2(C)CC2)c1CCCCCC1(C(=O)O)CC1. The van der Waals surface area contributed by atoms with Gasteiger partial charge in [-0.25, -0.2) is 0 Å². The van der Waals surface area contributed by atoms with Crippen LogP contribution in [0.5, 0.6) is 11.5 Å². The molecule has 0 saturated heterocycles. The first-order valence-corrected chi connectivity index (χ1v) is 58.2. The minimum Gasteiger partial charge on any atom is -0.508 e. The number of aliphatic carboxylic acids is 5. The van der Waals surface area contributed by atoms with E-state index >= 15 is 0 Å². The summed E-state index contributed by atoms with van der Waals surface area (Å²) in [6.45, 7) is 18.8. The van der Waals surface area contributed by atoms with Crippen LogP contribution in [0.25, 0.3) is 0 Å². The van der Waals surface area contributed by atoms with Crippen molar-refractivity contribution in [1.82, 2.24) is 0 Å². The van der Waals surface area contributed by atoms with Crippen molar-refractivity contribution in [3.8, 4) is 11.5 Å². The summed E-state index contributed by atoms with van der Waals surface area (Å²) in [5, 5.41) is 66.1. The molecule has 7 N–H and O–H groups in total. The lowest BCUT2D eigenvalue weighted by Crippen LogP contribution is -2.14. The number of carboxylic acid groups (broad SMARTS) is 5. The largest absolute Gasteiger partial charge is 0.508 e. The minimum absolute atomic E-state index is 0. The molecule has 15 rings (SSSR count). The molecule has 10 aliphatic carbocycles. The highest BCUT2D eigenvalue weighted by Crippen LogP contribution is 2.57. The van der Waals surface area contributed by atoms with Crippen LogP contribution in [0.4, 0.5) is 0 Å². The molecule has 10 fully saturated rings. The van der Waals surface area contributed by atoms with E-state index in [2.05, 4.69) is 122 Å². The van der Waals surface area contributed by atoms with Crippen molar-refractivity contribution < 1.29 is 59.7 Å². The lowest BCUT2D eigenvalue weighted by molar-refractivity contribution is -0.144. The van der Waals surface area contributed by atoms with Crippen LogP contribution in [-0.4, -0.2) is 65.6 Å². The molecule has 860 valence electrons. The quantitative estimate of drug-likeness (QED) is 0.0181. The van der Waals surface area contributed by atoms with Crippen molar-refractivity contribution in [2.75, 3.05) is 0 Å². The van der Waals surface area contributed by atoms with Crippen molar-refractivity contribution in [2.24, 2.45) is 54.1 Å². The van der Waals surface area contributed by atoms with Crippen molar-refractivity contribution in [1.29, 1.82) is 0 Å². The van der Waals surface area contributed by atoms with Gasteiger partial charge in [-0.3, -0.25) is 24.0 Å². The van der Waals surface area contributed by atoms with Gasteiger partial charge >= 0.3 is 29.8 Å². The lowest BCUT2D eigenvalue weighted by atomic mass is 9.92. The minimum atomic E-state index is -0.603. The Hall–Kier alpha value is -6.95. The predicted octanol–water partition coefficient (Wildman–Crippen LogP) is 41.4. The number of carboxylic acids is 5. The number of phenols is 2. The Morgan fingerprint density at radius 1 is 0.200 bits per heavy atom. The van der Waals surface area contributed by atoms with Crippen LogP contribution in [0.3, 0.4) is 0 Å². The third kappa shape index (κ3) is 50.5. The standard InChI is InChI=1S/3C26H40O2.2C25H38O3.10CH4/c1-21-11-10-13-22(12-6-3-4-8-15-25(2)17-18-25)23(21)14-7-5-9-16-26(19-20-26)24(27)28;1-21-12-13-22(10-7-5-9-15-26(18-19-26)24(27)28)23(20-21)11-6-3-4-8-14-25(2)16-17-25;1-21-12-13-22(10-6-3-4-8-14-25(2)16-17-25)23(20-21)11-7-5-9-15-26(18-19-26)24(27)28;1-24(15-16-24)13-7-3-2-5-10-21-19-22(26)12-11-20(21)9-6-4-8-14-25(17-18-25)23(27)28;1-24(15-16-24)13-7-3-2-5-9-20-11-12-22(26)19-21(20)10-6-4-8-14-25(17-18-25)23(27)28;;;;;;;;;;/h10-11,13H,3-9,12,14-20H2,1-2H3,(H,27,28);2*12-13,20H,3-11,14-19H2,1-2H3,(H,27,28);2*11-12,19,26H,2-10,13-18H2,1H3,(H,27,28);10*1H4. The van der Waals surface area contributed by atoms with Gasteiger partial charge in [-0.1, -0.05) is 347 Å². The summed E-state index contributed by atoms with van der Waals surface area (Å²) in [4.78, 5) is 56.3. The third-order valence-electron chi connectivity index (χ3n) is 36.5. The highest BCUT2D eigenvalue weighted by atomic mass is 16.4. The summed E-state index contributed by atoms with van der Waals surface area (Å²) in [7, 11) is 0. The third-order valence-corrected chi connectivity index (χ3v) is 36.5. The summed E-state index contributed by atoms with van der Waals surface area (Å²) in [5.41, 5.74) is 20.5. The van der Waals surface area contributed by atoms with Gasteiger partial charge in [-0.2, -0.15) is 0 Å². The van der Waals surface area contributed by atoms with Crippen LogP contribution in [-0.2, 0) is 88.2 Å². The van der Waals surface area contributed by atoms with E-state index in [1.807, 2.05) is 18.2 Å². The normalized spacial score (nSPS) is 17.5. The van der Waals surface area contributed by atoms with E-state index in [1.54, 1.807) is 28.3 Å². The molecule has 5 aromatic rings. The number of aryl methyl sites for hydroxylation is 12. The maximum absolute atomic E-state index is 11.3. The number of carbonyl (C=O) groups is 5. The second kappa shape index (κ2) is 68.5. The maximum Gasteiger partial charge on any atom is 0.309 e. The van der Waals surface area contributed by atoms with Gasteiger partial charge in [0.25, 0.3) is 0 Å². The molecule has 12 heteroatoms. The van der Waals surface area contributed by atoms with Crippen LogP contribution in [0.1, 0.15) is 599 Å². The van der Waals surface area contributed by atoms with Crippen molar-refractivity contribution in [2.45, 2.75) is 611 Å². The molecular weight excluding hydrogens is 1850 g/mol. The molecule has 5 aromatic carbocycles. The highest BCUT2D eigenvalue weighted by molar-refractivity contribution is 5.79. The maximum atomic E-state index is 11.3. The molecule has 0 spiro atoms. The average molecular weight is 2090 g/mol. The number of hydrogen-bond acceptors (Lipinski definition) is 7. The van der Waals surface area contributed by atoms with Crippen LogP contribution < -0.4 is 0 Å². The number of phenolic OH excluding ortho intramolecular Hbond substituents is 2. The Morgan fingerprint density at radius 3 is 0.593 bits per heavy atom. The molecule has 10 aliphatic rings. The van der Waals surface area contributed by atoms with Gasteiger partial charge in [-0.15, -0.1) is 0 Å². The predicted molar refractivity (Wildman–Crippen MR) is 645 cm³/mol. The molecule has 10 saturated carbocycles. The molecule has 150 heavy (non-hydrogen) atoms. The first kappa shape index (κ1) is 141. The lowest BCUT2D eigenvalue weighted by Gasteiger charge is -2.14.